The number of carbonyl (C=O) groups excluding carboxylic acids is 1. The van der Waals surface area contributed by atoms with Crippen molar-refractivity contribution in [1.82, 2.24) is 0 Å². The smallest absolute Gasteiger partial charge is 0.302 e. The van der Waals surface area contributed by atoms with Crippen molar-refractivity contribution in [2.75, 3.05) is 0 Å². The number of carbonyl (C=O) groups is 1. The summed E-state index contributed by atoms with van der Waals surface area (Å²) >= 11 is 0. The summed E-state index contributed by atoms with van der Waals surface area (Å²) in [4.78, 5) is 11.4. The number of ether oxygens (including phenoxy) is 1. The van der Waals surface area contributed by atoms with Crippen LogP contribution in [-0.4, -0.2) is 34.0 Å². The number of aliphatic hydroxyl groups excluding tert-OH is 1. The second kappa shape index (κ2) is 5.40. The molecule has 0 aromatic carbocycles. The van der Waals surface area contributed by atoms with Crippen LogP contribution in [0.4, 0.5) is 0 Å². The van der Waals surface area contributed by atoms with Crippen LogP contribution in [-0.2, 0) is 9.53 Å². The van der Waals surface area contributed by atoms with Gasteiger partial charge in [-0.2, -0.15) is 0 Å². The number of rotatable bonds is 2. The first-order valence-corrected chi connectivity index (χ1v) is 7.82. The topological polar surface area (TPSA) is 66.8 Å². The van der Waals surface area contributed by atoms with Gasteiger partial charge in [0.1, 0.15) is 6.10 Å². The highest BCUT2D eigenvalue weighted by atomic mass is 16.5. The van der Waals surface area contributed by atoms with E-state index in [4.69, 9.17) is 4.74 Å². The highest BCUT2D eigenvalue weighted by Gasteiger charge is 2.56. The number of hydrogen-bond acceptors (Lipinski definition) is 4. The molecular weight excluding hydrogens is 268 g/mol. The minimum Gasteiger partial charge on any atom is -0.462 e. The number of esters is 1. The van der Waals surface area contributed by atoms with Gasteiger partial charge in [0, 0.05) is 24.2 Å². The zero-order valence-corrected chi connectivity index (χ0v) is 13.6. The lowest BCUT2D eigenvalue weighted by Gasteiger charge is -2.56. The molecule has 0 aliphatic heterocycles. The summed E-state index contributed by atoms with van der Waals surface area (Å²) in [7, 11) is 0. The zero-order valence-electron chi connectivity index (χ0n) is 13.6. The van der Waals surface area contributed by atoms with E-state index in [1.54, 1.807) is 13.8 Å². The zero-order chi connectivity index (χ0) is 16.0. The van der Waals surface area contributed by atoms with Gasteiger partial charge in [0.15, 0.2) is 0 Å². The summed E-state index contributed by atoms with van der Waals surface area (Å²) in [6, 6.07) is 0. The molecule has 4 nitrogen and oxygen atoms in total. The van der Waals surface area contributed by atoms with Gasteiger partial charge < -0.3 is 14.9 Å². The summed E-state index contributed by atoms with van der Waals surface area (Å²) in [5.41, 5.74) is -0.195. The van der Waals surface area contributed by atoms with E-state index in [0.717, 1.165) is 31.3 Å². The Kier molecular flexibility index (Phi) is 4.24. The van der Waals surface area contributed by atoms with E-state index < -0.39 is 11.7 Å². The molecule has 5 unspecified atom stereocenters. The normalized spacial score (nSPS) is 40.6. The van der Waals surface area contributed by atoms with E-state index in [1.807, 2.05) is 0 Å². The third kappa shape index (κ3) is 2.88. The highest BCUT2D eigenvalue weighted by Crippen LogP contribution is 2.55. The van der Waals surface area contributed by atoms with Gasteiger partial charge in [-0.25, -0.2) is 0 Å². The van der Waals surface area contributed by atoms with Gasteiger partial charge in [-0.15, -0.1) is 0 Å². The Labute approximate surface area is 127 Å². The molecule has 2 N–H and O–H groups in total. The molecule has 0 amide bonds. The van der Waals surface area contributed by atoms with Crippen LogP contribution in [0.1, 0.15) is 53.4 Å². The summed E-state index contributed by atoms with van der Waals surface area (Å²) in [6.45, 7) is 11.2. The fraction of sp³-hybridized carbons (Fsp3) is 0.824. The van der Waals surface area contributed by atoms with Crippen LogP contribution in [0.2, 0.25) is 0 Å². The van der Waals surface area contributed by atoms with E-state index >= 15 is 0 Å². The summed E-state index contributed by atoms with van der Waals surface area (Å²) in [5, 5.41) is 21.1. The first kappa shape index (κ1) is 16.5. The van der Waals surface area contributed by atoms with E-state index in [9.17, 15) is 15.0 Å². The maximum Gasteiger partial charge on any atom is 0.302 e. The van der Waals surface area contributed by atoms with Crippen LogP contribution in [0.15, 0.2) is 12.2 Å². The SMILES string of the molecule is C=C1CCC(OC(C)=O)C2(C)CCC(C(C)(C)O)C(O)C12. The quantitative estimate of drug-likeness (QED) is 0.607. The Bertz CT molecular complexity index is 437. The minimum atomic E-state index is -0.921. The lowest BCUT2D eigenvalue weighted by atomic mass is 9.53. The van der Waals surface area contributed by atoms with Gasteiger partial charge in [0.25, 0.3) is 0 Å². The molecule has 120 valence electrons. The monoisotopic (exact) mass is 296 g/mol. The first-order chi connectivity index (χ1) is 9.57. The molecule has 0 spiro atoms. The average molecular weight is 296 g/mol. The largest absolute Gasteiger partial charge is 0.462 e. The molecule has 0 aromatic heterocycles. The van der Waals surface area contributed by atoms with Gasteiger partial charge in [0.05, 0.1) is 11.7 Å². The molecule has 0 heterocycles. The fourth-order valence-corrected chi connectivity index (χ4v) is 4.45. The van der Waals surface area contributed by atoms with Crippen LogP contribution in [0.25, 0.3) is 0 Å². The Morgan fingerprint density at radius 3 is 2.57 bits per heavy atom. The Morgan fingerprint density at radius 1 is 1.43 bits per heavy atom. The molecule has 2 rings (SSSR count). The van der Waals surface area contributed by atoms with E-state index in [2.05, 4.69) is 13.5 Å². The Hall–Kier alpha value is -0.870. The lowest BCUT2D eigenvalue weighted by Crippen LogP contribution is -2.58. The molecule has 2 aliphatic carbocycles. The van der Waals surface area contributed by atoms with Crippen molar-refractivity contribution < 1.29 is 19.7 Å². The van der Waals surface area contributed by atoms with Crippen molar-refractivity contribution in [1.29, 1.82) is 0 Å². The van der Waals surface area contributed by atoms with Crippen molar-refractivity contribution in [3.63, 3.8) is 0 Å². The van der Waals surface area contributed by atoms with Crippen LogP contribution in [0.5, 0.6) is 0 Å². The fourth-order valence-electron chi connectivity index (χ4n) is 4.45. The molecule has 21 heavy (non-hydrogen) atoms. The van der Waals surface area contributed by atoms with Crippen LogP contribution in [0, 0.1) is 17.3 Å². The second-order valence-corrected chi connectivity index (χ2v) is 7.57. The molecule has 4 heteroatoms. The third-order valence-corrected chi connectivity index (χ3v) is 5.58. The number of fused-ring (bicyclic) bond motifs is 1. The molecule has 0 aromatic rings. The Balaban J connectivity index is 2.31. The molecule has 2 saturated carbocycles. The minimum absolute atomic E-state index is 0.124. The van der Waals surface area contributed by atoms with Crippen LogP contribution in [0.3, 0.4) is 0 Å². The summed E-state index contributed by atoms with van der Waals surface area (Å²) in [5.74, 6) is -0.573. The van der Waals surface area contributed by atoms with E-state index in [1.165, 1.54) is 6.92 Å². The Morgan fingerprint density at radius 2 is 2.05 bits per heavy atom. The first-order valence-electron chi connectivity index (χ1n) is 7.82. The standard InChI is InChI=1S/C17H28O4/c1-10-6-7-13(21-11(2)18)17(5)9-8-12(16(3,4)20)15(19)14(10)17/h12-15,19-20H,1,6-9H2,2-5H3. The second-order valence-electron chi connectivity index (χ2n) is 7.57. The highest BCUT2D eigenvalue weighted by molar-refractivity contribution is 5.66. The lowest BCUT2D eigenvalue weighted by molar-refractivity contribution is -0.179. The van der Waals surface area contributed by atoms with Gasteiger partial charge in [-0.3, -0.25) is 4.79 Å². The van der Waals surface area contributed by atoms with Crippen molar-refractivity contribution in [2.24, 2.45) is 17.3 Å². The van der Waals surface area contributed by atoms with E-state index in [0.29, 0.717) is 0 Å². The number of aliphatic hydroxyl groups is 2. The maximum atomic E-state index is 11.4. The maximum absolute atomic E-state index is 11.4. The predicted octanol–water partition coefficient (Wildman–Crippen LogP) is 2.43. The van der Waals surface area contributed by atoms with Crippen molar-refractivity contribution >= 4 is 5.97 Å². The molecular formula is C17H28O4. The molecule has 5 atom stereocenters. The van der Waals surface area contributed by atoms with Crippen LogP contribution < -0.4 is 0 Å². The molecule has 2 fully saturated rings. The molecule has 2 aliphatic rings. The van der Waals surface area contributed by atoms with Gasteiger partial charge in [0.2, 0.25) is 0 Å². The third-order valence-electron chi connectivity index (χ3n) is 5.58. The van der Waals surface area contributed by atoms with Gasteiger partial charge in [-0.05, 0) is 39.5 Å². The number of hydrogen-bond donors (Lipinski definition) is 2. The van der Waals surface area contributed by atoms with Gasteiger partial charge >= 0.3 is 5.97 Å². The van der Waals surface area contributed by atoms with Crippen molar-refractivity contribution in [3.8, 4) is 0 Å². The predicted molar refractivity (Wildman–Crippen MR) is 80.6 cm³/mol. The average Bonchev–Trinajstić information content (AvgIpc) is 2.30. The molecule has 0 radical (unpaired) electrons. The van der Waals surface area contributed by atoms with E-state index in [-0.39, 0.29) is 29.3 Å². The van der Waals surface area contributed by atoms with Crippen LogP contribution >= 0.6 is 0 Å². The molecule has 0 saturated heterocycles. The van der Waals surface area contributed by atoms with Crippen molar-refractivity contribution in [2.45, 2.75) is 71.2 Å². The summed E-state index contributed by atoms with van der Waals surface area (Å²) < 4.78 is 5.53. The molecule has 0 bridgehead atoms. The van der Waals surface area contributed by atoms with Crippen molar-refractivity contribution in [3.05, 3.63) is 12.2 Å². The summed E-state index contributed by atoms with van der Waals surface area (Å²) in [6.07, 6.45) is 2.25. The van der Waals surface area contributed by atoms with Gasteiger partial charge in [-0.1, -0.05) is 19.1 Å².